The second-order valence-corrected chi connectivity index (χ2v) is 8.37. The molecule has 2 aromatic carbocycles. The average Bonchev–Trinajstić information content (AvgIpc) is 2.90. The number of hydrogen-bond acceptors (Lipinski definition) is 2. The zero-order valence-corrected chi connectivity index (χ0v) is 17.7. The fraction of sp³-hybridized carbons (Fsp3) is 0.333. The predicted octanol–water partition coefficient (Wildman–Crippen LogP) is 6.31. The minimum Gasteiger partial charge on any atom is -0.327 e. The van der Waals surface area contributed by atoms with E-state index in [1.54, 1.807) is 0 Å². The molecule has 29 heavy (non-hydrogen) atoms. The number of nitrogens with one attached hydrogen (secondary N) is 1. The quantitative estimate of drug-likeness (QED) is 0.551. The topological polar surface area (TPSA) is 46.9 Å². The van der Waals surface area contributed by atoms with Crippen molar-refractivity contribution in [3.05, 3.63) is 70.5 Å². The molecule has 150 valence electrons. The lowest BCUT2D eigenvalue weighted by atomic mass is 10.0. The molecule has 0 spiro atoms. The van der Waals surface area contributed by atoms with Gasteiger partial charge in [0, 0.05) is 22.8 Å². The fourth-order valence-electron chi connectivity index (χ4n) is 3.86. The Hall–Kier alpha value is -2.59. The van der Waals surface area contributed by atoms with E-state index in [0.29, 0.717) is 16.6 Å². The molecule has 3 aromatic rings. The predicted molar refractivity (Wildman–Crippen MR) is 119 cm³/mol. The van der Waals surface area contributed by atoms with Crippen LogP contribution < -0.4 is 5.32 Å². The van der Waals surface area contributed by atoms with Crippen molar-refractivity contribution in [1.82, 2.24) is 9.55 Å². The number of anilines is 1. The Morgan fingerprint density at radius 1 is 1.03 bits per heavy atom. The van der Waals surface area contributed by atoms with Crippen LogP contribution in [0.3, 0.4) is 0 Å². The van der Waals surface area contributed by atoms with Gasteiger partial charge in [-0.15, -0.1) is 0 Å². The molecule has 0 radical (unpaired) electrons. The lowest BCUT2D eigenvalue weighted by Crippen LogP contribution is -2.15. The summed E-state index contributed by atoms with van der Waals surface area (Å²) in [5.74, 6) is 1.16. The number of hydrogen-bond donors (Lipinski definition) is 1. The molecular weight excluding hydrogens is 382 g/mol. The van der Waals surface area contributed by atoms with Crippen LogP contribution in [0.25, 0.3) is 11.4 Å². The average molecular weight is 408 g/mol. The van der Waals surface area contributed by atoms with Crippen LogP contribution in [0.5, 0.6) is 0 Å². The molecular formula is C24H26ClN3O. The molecule has 1 aliphatic heterocycles. The van der Waals surface area contributed by atoms with Gasteiger partial charge in [0.15, 0.2) is 0 Å². The largest absolute Gasteiger partial charge is 0.327 e. The molecule has 1 N–H and O–H groups in total. The molecule has 0 bridgehead atoms. The molecule has 2 heterocycles. The van der Waals surface area contributed by atoms with Gasteiger partial charge in [-0.25, -0.2) is 4.98 Å². The van der Waals surface area contributed by atoms with Gasteiger partial charge in [-0.3, -0.25) is 4.79 Å². The lowest BCUT2D eigenvalue weighted by Gasteiger charge is -2.10. The van der Waals surface area contributed by atoms with Crippen LogP contribution in [-0.4, -0.2) is 15.5 Å². The van der Waals surface area contributed by atoms with Gasteiger partial charge in [-0.1, -0.05) is 44.0 Å². The number of carbonyl (C=O) groups is 1. The molecule has 4 nitrogen and oxygen atoms in total. The monoisotopic (exact) mass is 407 g/mol. The highest BCUT2D eigenvalue weighted by molar-refractivity contribution is 6.30. The highest BCUT2D eigenvalue weighted by atomic mass is 35.5. The molecule has 5 heteroatoms. The Kier molecular flexibility index (Phi) is 5.72. The molecule has 0 saturated carbocycles. The van der Waals surface area contributed by atoms with E-state index in [-0.39, 0.29) is 5.91 Å². The van der Waals surface area contributed by atoms with E-state index in [9.17, 15) is 4.79 Å². The number of imidazole rings is 1. The Balaban J connectivity index is 1.67. The minimum atomic E-state index is -0.145. The van der Waals surface area contributed by atoms with Crippen LogP contribution in [0, 0.1) is 0 Å². The van der Waals surface area contributed by atoms with E-state index in [2.05, 4.69) is 35.9 Å². The standard InChI is InChI=1S/C24H26ClN3O/c1-16(2)17-9-13-20(14-10-17)26-24(29)22-21-6-4-3-5-15-28(21)23(27-22)18-7-11-19(25)12-8-18/h7-14,16H,3-6,15H2,1-2H3,(H,26,29). The van der Waals surface area contributed by atoms with Gasteiger partial charge in [0.1, 0.15) is 11.5 Å². The first-order valence-electron chi connectivity index (χ1n) is 10.3. The number of nitrogens with zero attached hydrogens (tertiary/aromatic N) is 2. The van der Waals surface area contributed by atoms with Crippen LogP contribution >= 0.6 is 11.6 Å². The number of benzene rings is 2. The van der Waals surface area contributed by atoms with Gasteiger partial charge in [0.2, 0.25) is 0 Å². The van der Waals surface area contributed by atoms with Crippen LogP contribution in [-0.2, 0) is 13.0 Å². The first-order chi connectivity index (χ1) is 14.0. The van der Waals surface area contributed by atoms with Crippen molar-refractivity contribution in [2.75, 3.05) is 5.32 Å². The highest BCUT2D eigenvalue weighted by Crippen LogP contribution is 2.28. The maximum Gasteiger partial charge on any atom is 0.276 e. The summed E-state index contributed by atoms with van der Waals surface area (Å²) in [4.78, 5) is 17.9. The first-order valence-corrected chi connectivity index (χ1v) is 10.7. The summed E-state index contributed by atoms with van der Waals surface area (Å²) in [5.41, 5.74) is 4.60. The Morgan fingerprint density at radius 3 is 2.45 bits per heavy atom. The third-order valence-corrected chi connectivity index (χ3v) is 5.77. The summed E-state index contributed by atoms with van der Waals surface area (Å²) in [5, 5.41) is 3.73. The van der Waals surface area contributed by atoms with E-state index < -0.39 is 0 Å². The molecule has 1 aliphatic rings. The van der Waals surface area contributed by atoms with Gasteiger partial charge in [-0.05, 0) is 67.1 Å². The van der Waals surface area contributed by atoms with Gasteiger partial charge in [0.05, 0.1) is 5.69 Å². The SMILES string of the molecule is CC(C)c1ccc(NC(=O)c2nc(-c3ccc(Cl)cc3)n3c2CCCCC3)cc1. The normalized spacial score (nSPS) is 13.8. The molecule has 0 unspecified atom stereocenters. The summed E-state index contributed by atoms with van der Waals surface area (Å²) in [6, 6.07) is 15.7. The van der Waals surface area contributed by atoms with Gasteiger partial charge < -0.3 is 9.88 Å². The van der Waals surface area contributed by atoms with Gasteiger partial charge >= 0.3 is 0 Å². The van der Waals surface area contributed by atoms with Crippen LogP contribution in [0.1, 0.15) is 60.8 Å². The maximum absolute atomic E-state index is 13.1. The molecule has 1 aromatic heterocycles. The van der Waals surface area contributed by atoms with Crippen LogP contribution in [0.2, 0.25) is 5.02 Å². The van der Waals surface area contributed by atoms with Crippen LogP contribution in [0.15, 0.2) is 48.5 Å². The Bertz CT molecular complexity index is 1000. The zero-order chi connectivity index (χ0) is 20.4. The highest BCUT2D eigenvalue weighted by Gasteiger charge is 2.24. The summed E-state index contributed by atoms with van der Waals surface area (Å²) >= 11 is 6.05. The van der Waals surface area contributed by atoms with E-state index in [0.717, 1.165) is 48.6 Å². The fourth-order valence-corrected chi connectivity index (χ4v) is 3.99. The number of fused-ring (bicyclic) bond motifs is 1. The van der Waals surface area contributed by atoms with Crippen LogP contribution in [0.4, 0.5) is 5.69 Å². The van der Waals surface area contributed by atoms with Crippen molar-refractivity contribution >= 4 is 23.2 Å². The second kappa shape index (κ2) is 8.42. The van der Waals surface area contributed by atoms with E-state index in [1.807, 2.05) is 36.4 Å². The molecule has 0 fully saturated rings. The van der Waals surface area contributed by atoms with Gasteiger partial charge in [-0.2, -0.15) is 0 Å². The minimum absolute atomic E-state index is 0.145. The maximum atomic E-state index is 13.1. The number of amides is 1. The van der Waals surface area contributed by atoms with E-state index >= 15 is 0 Å². The number of aromatic nitrogens is 2. The second-order valence-electron chi connectivity index (χ2n) is 7.93. The summed E-state index contributed by atoms with van der Waals surface area (Å²) < 4.78 is 2.22. The summed E-state index contributed by atoms with van der Waals surface area (Å²) in [7, 11) is 0. The molecule has 0 atom stereocenters. The Morgan fingerprint density at radius 2 is 1.76 bits per heavy atom. The molecule has 0 saturated heterocycles. The zero-order valence-electron chi connectivity index (χ0n) is 16.9. The number of halogens is 1. The van der Waals surface area contributed by atoms with Crippen molar-refractivity contribution < 1.29 is 4.79 Å². The summed E-state index contributed by atoms with van der Waals surface area (Å²) in [6.45, 7) is 5.20. The molecule has 4 rings (SSSR count). The van der Waals surface area contributed by atoms with Crippen molar-refractivity contribution in [2.24, 2.45) is 0 Å². The first kappa shape index (κ1) is 19.7. The van der Waals surface area contributed by atoms with E-state index in [4.69, 9.17) is 16.6 Å². The van der Waals surface area contributed by atoms with Crippen molar-refractivity contribution in [3.8, 4) is 11.4 Å². The van der Waals surface area contributed by atoms with Gasteiger partial charge in [0.25, 0.3) is 5.91 Å². The third kappa shape index (κ3) is 4.23. The number of rotatable bonds is 4. The lowest BCUT2D eigenvalue weighted by molar-refractivity contribution is 0.102. The molecule has 0 aliphatic carbocycles. The Labute approximate surface area is 176 Å². The smallest absolute Gasteiger partial charge is 0.276 e. The number of carbonyl (C=O) groups excluding carboxylic acids is 1. The van der Waals surface area contributed by atoms with Crippen molar-refractivity contribution in [2.45, 2.75) is 52.0 Å². The van der Waals surface area contributed by atoms with Crippen molar-refractivity contribution in [3.63, 3.8) is 0 Å². The summed E-state index contributed by atoms with van der Waals surface area (Å²) in [6.07, 6.45) is 4.21. The van der Waals surface area contributed by atoms with Crippen molar-refractivity contribution in [1.29, 1.82) is 0 Å². The van der Waals surface area contributed by atoms with E-state index in [1.165, 1.54) is 12.0 Å². The third-order valence-electron chi connectivity index (χ3n) is 5.52. The molecule has 1 amide bonds.